The van der Waals surface area contributed by atoms with E-state index >= 15 is 0 Å². The van der Waals surface area contributed by atoms with Crippen LogP contribution in [0.3, 0.4) is 0 Å². The van der Waals surface area contributed by atoms with Crippen LogP contribution in [0.25, 0.3) is 0 Å². The lowest BCUT2D eigenvalue weighted by molar-refractivity contribution is -0.135. The van der Waals surface area contributed by atoms with Gasteiger partial charge in [0.25, 0.3) is 0 Å². The van der Waals surface area contributed by atoms with Crippen LogP contribution in [0.2, 0.25) is 0 Å². The molecular formula is C22H41NO2P2. The molecule has 1 aliphatic heterocycles. The maximum Gasteiger partial charge on any atom is 0.225 e. The Kier molecular flexibility index (Phi) is 18.3. The molecule has 0 aliphatic carbocycles. The fourth-order valence-corrected chi connectivity index (χ4v) is 4.34. The molecule has 1 aliphatic rings. The van der Waals surface area contributed by atoms with Crippen LogP contribution in [0.1, 0.15) is 54.4 Å². The van der Waals surface area contributed by atoms with E-state index < -0.39 is 6.10 Å². The van der Waals surface area contributed by atoms with Crippen LogP contribution in [-0.2, 0) is 4.79 Å². The molecule has 5 unspecified atom stereocenters. The van der Waals surface area contributed by atoms with Gasteiger partial charge in [0.15, 0.2) is 0 Å². The van der Waals surface area contributed by atoms with Gasteiger partial charge in [0.05, 0.1) is 6.10 Å². The number of nitrogens with zero attached hydrogens (tertiary/aromatic N) is 1. The number of likely N-dealkylation sites (tertiary alicyclic amines) is 1. The van der Waals surface area contributed by atoms with Crippen LogP contribution in [0.5, 0.6) is 0 Å². The fourth-order valence-electron chi connectivity index (χ4n) is 2.57. The van der Waals surface area contributed by atoms with Crippen molar-refractivity contribution >= 4 is 23.7 Å². The minimum absolute atomic E-state index is 0.0206. The third-order valence-electron chi connectivity index (χ3n) is 4.17. The third kappa shape index (κ3) is 10.4. The van der Waals surface area contributed by atoms with E-state index in [1.807, 2.05) is 64.7 Å². The maximum absolute atomic E-state index is 12.5. The number of rotatable bonds is 8. The number of carbonyl (C=O) groups excluding carboxylic acids is 1. The van der Waals surface area contributed by atoms with Crippen LogP contribution in [-0.4, -0.2) is 40.8 Å². The van der Waals surface area contributed by atoms with Gasteiger partial charge in [-0.2, -0.15) is 0 Å². The van der Waals surface area contributed by atoms with Crippen LogP contribution < -0.4 is 0 Å². The molecule has 0 radical (unpaired) electrons. The Morgan fingerprint density at radius 2 is 1.93 bits per heavy atom. The molecule has 3 nitrogen and oxygen atoms in total. The molecule has 1 saturated heterocycles. The molecule has 5 atom stereocenters. The Balaban J connectivity index is 0. The van der Waals surface area contributed by atoms with Gasteiger partial charge in [-0.25, -0.2) is 0 Å². The summed E-state index contributed by atoms with van der Waals surface area (Å²) in [6.45, 7) is 20.0. The summed E-state index contributed by atoms with van der Waals surface area (Å²) in [5.74, 6) is 0.188. The van der Waals surface area contributed by atoms with Crippen molar-refractivity contribution in [1.29, 1.82) is 0 Å². The number of hydrogen-bond donors (Lipinski definition) is 1. The van der Waals surface area contributed by atoms with Gasteiger partial charge in [-0.3, -0.25) is 4.79 Å². The maximum atomic E-state index is 12.5. The lowest BCUT2D eigenvalue weighted by Crippen LogP contribution is -2.40. The summed E-state index contributed by atoms with van der Waals surface area (Å²) in [7, 11) is 3.27. The van der Waals surface area contributed by atoms with Crippen molar-refractivity contribution in [1.82, 2.24) is 4.90 Å². The Morgan fingerprint density at radius 1 is 1.33 bits per heavy atom. The molecule has 0 saturated carbocycles. The summed E-state index contributed by atoms with van der Waals surface area (Å²) in [5.41, 5.74) is 0. The zero-order valence-electron chi connectivity index (χ0n) is 18.2. The number of carbonyl (C=O) groups is 1. The molecule has 5 heteroatoms. The van der Waals surface area contributed by atoms with E-state index in [9.17, 15) is 9.90 Å². The van der Waals surface area contributed by atoms with Crippen molar-refractivity contribution in [3.63, 3.8) is 0 Å². The van der Waals surface area contributed by atoms with Gasteiger partial charge in [0.2, 0.25) is 5.91 Å². The summed E-state index contributed by atoms with van der Waals surface area (Å²) in [5, 5.41) is 12.3. The highest BCUT2D eigenvalue weighted by atomic mass is 31.1. The van der Waals surface area contributed by atoms with Crippen LogP contribution in [0.4, 0.5) is 0 Å². The quantitative estimate of drug-likeness (QED) is 0.407. The van der Waals surface area contributed by atoms with Gasteiger partial charge in [-0.05, 0) is 29.6 Å². The summed E-state index contributed by atoms with van der Waals surface area (Å²) in [4.78, 5) is 14.4. The lowest BCUT2D eigenvalue weighted by Gasteiger charge is -2.27. The summed E-state index contributed by atoms with van der Waals surface area (Å²) in [6, 6.07) is 0.125. The summed E-state index contributed by atoms with van der Waals surface area (Å²) in [6.07, 6.45) is 9.53. The second-order valence-electron chi connectivity index (χ2n) is 5.89. The van der Waals surface area contributed by atoms with Crippen molar-refractivity contribution in [3.05, 3.63) is 48.1 Å². The molecular weight excluding hydrogens is 372 g/mol. The minimum atomic E-state index is -0.399. The highest BCUT2D eigenvalue weighted by molar-refractivity contribution is 7.44. The van der Waals surface area contributed by atoms with E-state index in [2.05, 4.69) is 22.4 Å². The van der Waals surface area contributed by atoms with Gasteiger partial charge in [-0.1, -0.05) is 87.6 Å². The van der Waals surface area contributed by atoms with Crippen molar-refractivity contribution in [2.45, 2.75) is 66.5 Å². The molecule has 1 N–H and O–H groups in total. The predicted molar refractivity (Wildman–Crippen MR) is 128 cm³/mol. The molecule has 0 bridgehead atoms. The first-order chi connectivity index (χ1) is 12.9. The number of aliphatic hydroxyl groups is 1. The average molecular weight is 414 g/mol. The predicted octanol–water partition coefficient (Wildman–Crippen LogP) is 5.74. The van der Waals surface area contributed by atoms with E-state index in [0.717, 1.165) is 17.9 Å². The molecule has 1 rings (SSSR count). The van der Waals surface area contributed by atoms with Gasteiger partial charge in [0.1, 0.15) is 0 Å². The molecule has 27 heavy (non-hydrogen) atoms. The topological polar surface area (TPSA) is 40.5 Å². The summed E-state index contributed by atoms with van der Waals surface area (Å²) >= 11 is 0. The van der Waals surface area contributed by atoms with Gasteiger partial charge < -0.3 is 10.0 Å². The largest absolute Gasteiger partial charge is 0.391 e. The Bertz CT molecular complexity index is 501. The first-order valence-corrected chi connectivity index (χ1v) is 11.9. The molecule has 156 valence electrons. The molecule has 0 aromatic carbocycles. The lowest BCUT2D eigenvalue weighted by atomic mass is 10.1. The fraction of sp³-hybridized carbons (Fsp3) is 0.591. The molecule has 1 amide bonds. The first kappa shape index (κ1) is 28.5. The van der Waals surface area contributed by atoms with Crippen molar-refractivity contribution < 1.29 is 9.90 Å². The van der Waals surface area contributed by atoms with E-state index in [-0.39, 0.29) is 17.9 Å². The highest BCUT2D eigenvalue weighted by Crippen LogP contribution is 2.35. The van der Waals surface area contributed by atoms with Crippen LogP contribution in [0.15, 0.2) is 48.1 Å². The van der Waals surface area contributed by atoms with Crippen molar-refractivity contribution in [3.8, 4) is 0 Å². The Hall–Kier alpha value is -0.750. The number of aliphatic hydroxyl groups excluding tert-OH is 1. The molecule has 0 spiro atoms. The average Bonchev–Trinajstić information content (AvgIpc) is 3.09. The van der Waals surface area contributed by atoms with Crippen molar-refractivity contribution in [2.75, 3.05) is 12.7 Å². The second kappa shape index (κ2) is 17.4. The molecule has 0 aromatic heterocycles. The minimum Gasteiger partial charge on any atom is -0.391 e. The zero-order valence-corrected chi connectivity index (χ0v) is 20.3. The highest BCUT2D eigenvalue weighted by Gasteiger charge is 2.35. The standard InChI is InChI=1S/C18H29NO2P2.2C2H6/c1-5-8-9-17(16(22)7-3)23-12-14-10-15(20)11-19(14)18(21)13(4)6-2;2*1-2/h5,7-9,13-15,20,23H,1,3,6,10-12,22H2,2,4H3;2*1-2H3/b9-8-,17-16-;;. The third-order valence-corrected chi connectivity index (χ3v) is 6.51. The zero-order chi connectivity index (χ0) is 21.4. The second-order valence-corrected chi connectivity index (χ2v) is 7.81. The SMILES string of the molecule is C=C/C=C\C(PCC1CC(O)CN1C(=O)C(C)CC)=C(\P)C=C.CC.CC. The molecule has 0 aromatic rings. The monoisotopic (exact) mass is 413 g/mol. The van der Waals surface area contributed by atoms with Crippen LogP contribution in [0, 0.1) is 5.92 Å². The van der Waals surface area contributed by atoms with Crippen LogP contribution >= 0.6 is 17.8 Å². The van der Waals surface area contributed by atoms with Gasteiger partial charge >= 0.3 is 0 Å². The summed E-state index contributed by atoms with van der Waals surface area (Å²) < 4.78 is 0. The normalized spacial score (nSPS) is 21.1. The van der Waals surface area contributed by atoms with E-state index in [4.69, 9.17) is 0 Å². The van der Waals surface area contributed by atoms with Gasteiger partial charge in [-0.15, -0.1) is 9.24 Å². The van der Waals surface area contributed by atoms with Gasteiger partial charge in [0, 0.05) is 18.5 Å². The van der Waals surface area contributed by atoms with Crippen molar-refractivity contribution in [2.24, 2.45) is 5.92 Å². The van der Waals surface area contributed by atoms with E-state index in [1.165, 1.54) is 5.31 Å². The number of β-amino-alcohol motifs (C(OH)–C–C–N with tert-alkyl or cyclic N) is 1. The van der Waals surface area contributed by atoms with E-state index in [1.54, 1.807) is 6.08 Å². The number of hydrogen-bond acceptors (Lipinski definition) is 2. The molecule has 1 fully saturated rings. The smallest absolute Gasteiger partial charge is 0.225 e. The Morgan fingerprint density at radius 3 is 2.41 bits per heavy atom. The Labute approximate surface area is 172 Å². The molecule has 1 heterocycles. The van der Waals surface area contributed by atoms with E-state index in [0.29, 0.717) is 21.5 Å². The first-order valence-electron chi connectivity index (χ1n) is 10.1. The number of allylic oxidation sites excluding steroid dienone is 6. The number of amides is 1.